The summed E-state index contributed by atoms with van der Waals surface area (Å²) in [5.41, 5.74) is 5.91. The highest BCUT2D eigenvalue weighted by atomic mass is 19.1. The molecule has 1 atom stereocenters. The molecule has 0 heterocycles. The number of nitrogens with one attached hydrogen (secondary N) is 1. The first-order valence-corrected chi connectivity index (χ1v) is 4.90. The Balaban J connectivity index is 2.77. The third-order valence-electron chi connectivity index (χ3n) is 2.31. The number of amides is 1. The Morgan fingerprint density at radius 2 is 2.27 bits per heavy atom. The Labute approximate surface area is 88.5 Å². The first-order chi connectivity index (χ1) is 7.04. The van der Waals surface area contributed by atoms with Gasteiger partial charge in [0, 0.05) is 11.6 Å². The SMILES string of the molecule is CC[C@H](C)C(=O)Nc1ccc(N)cc1F. The van der Waals surface area contributed by atoms with Crippen LogP contribution in [0, 0.1) is 11.7 Å². The lowest BCUT2D eigenvalue weighted by Gasteiger charge is -2.10. The van der Waals surface area contributed by atoms with Crippen LogP contribution in [0.5, 0.6) is 0 Å². The van der Waals surface area contributed by atoms with Gasteiger partial charge in [0.15, 0.2) is 0 Å². The Bertz CT molecular complexity index is 366. The van der Waals surface area contributed by atoms with Crippen LogP contribution in [-0.2, 0) is 4.79 Å². The van der Waals surface area contributed by atoms with E-state index in [0.29, 0.717) is 5.69 Å². The zero-order valence-electron chi connectivity index (χ0n) is 8.88. The van der Waals surface area contributed by atoms with E-state index in [1.165, 1.54) is 12.1 Å². The summed E-state index contributed by atoms with van der Waals surface area (Å²) in [4.78, 5) is 11.5. The van der Waals surface area contributed by atoms with E-state index in [1.54, 1.807) is 13.0 Å². The maximum Gasteiger partial charge on any atom is 0.227 e. The molecule has 15 heavy (non-hydrogen) atoms. The smallest absolute Gasteiger partial charge is 0.227 e. The summed E-state index contributed by atoms with van der Waals surface area (Å²) in [5, 5.41) is 2.52. The minimum absolute atomic E-state index is 0.123. The van der Waals surface area contributed by atoms with E-state index in [-0.39, 0.29) is 17.5 Å². The monoisotopic (exact) mass is 210 g/mol. The Kier molecular flexibility index (Phi) is 3.66. The van der Waals surface area contributed by atoms with Gasteiger partial charge >= 0.3 is 0 Å². The summed E-state index contributed by atoms with van der Waals surface area (Å²) >= 11 is 0. The number of hydrogen-bond acceptors (Lipinski definition) is 2. The molecular weight excluding hydrogens is 195 g/mol. The molecule has 0 aliphatic carbocycles. The number of benzene rings is 1. The number of nitrogens with two attached hydrogens (primary N) is 1. The fourth-order valence-electron chi connectivity index (χ4n) is 1.07. The van der Waals surface area contributed by atoms with Crippen LogP contribution in [0.25, 0.3) is 0 Å². The summed E-state index contributed by atoms with van der Waals surface area (Å²) in [5.74, 6) is -0.810. The predicted molar refractivity (Wildman–Crippen MR) is 58.9 cm³/mol. The molecule has 0 unspecified atom stereocenters. The highest BCUT2D eigenvalue weighted by molar-refractivity contribution is 5.92. The van der Waals surface area contributed by atoms with Crippen molar-refractivity contribution in [2.45, 2.75) is 20.3 Å². The van der Waals surface area contributed by atoms with Crippen LogP contribution in [0.15, 0.2) is 18.2 Å². The molecule has 4 heteroatoms. The Hall–Kier alpha value is -1.58. The fraction of sp³-hybridized carbons (Fsp3) is 0.364. The van der Waals surface area contributed by atoms with Gasteiger partial charge in [0.25, 0.3) is 0 Å². The average molecular weight is 210 g/mol. The molecule has 3 nitrogen and oxygen atoms in total. The van der Waals surface area contributed by atoms with Gasteiger partial charge in [-0.15, -0.1) is 0 Å². The van der Waals surface area contributed by atoms with E-state index in [0.717, 1.165) is 6.42 Å². The first kappa shape index (κ1) is 11.5. The van der Waals surface area contributed by atoms with Crippen LogP contribution < -0.4 is 11.1 Å². The maximum atomic E-state index is 13.3. The zero-order valence-corrected chi connectivity index (χ0v) is 8.88. The van der Waals surface area contributed by atoms with Gasteiger partial charge in [0.1, 0.15) is 5.82 Å². The number of carbonyl (C=O) groups excluding carboxylic acids is 1. The lowest BCUT2D eigenvalue weighted by atomic mass is 10.1. The van der Waals surface area contributed by atoms with Gasteiger partial charge in [-0.2, -0.15) is 0 Å². The molecule has 1 aromatic carbocycles. The maximum absolute atomic E-state index is 13.3. The van der Waals surface area contributed by atoms with E-state index in [1.807, 2.05) is 6.92 Å². The summed E-state index contributed by atoms with van der Waals surface area (Å²) in [6.07, 6.45) is 0.725. The second-order valence-electron chi connectivity index (χ2n) is 3.54. The van der Waals surface area contributed by atoms with E-state index in [2.05, 4.69) is 5.32 Å². The molecule has 0 aliphatic rings. The largest absolute Gasteiger partial charge is 0.399 e. The standard InChI is InChI=1S/C11H15FN2O/c1-3-7(2)11(15)14-10-5-4-8(13)6-9(10)12/h4-7H,3,13H2,1-2H3,(H,14,15)/t7-/m0/s1. The highest BCUT2D eigenvalue weighted by Crippen LogP contribution is 2.17. The molecule has 0 fully saturated rings. The molecule has 0 aromatic heterocycles. The molecule has 1 aromatic rings. The van der Waals surface area contributed by atoms with Crippen molar-refractivity contribution in [3.05, 3.63) is 24.0 Å². The van der Waals surface area contributed by atoms with Crippen molar-refractivity contribution in [2.24, 2.45) is 5.92 Å². The average Bonchev–Trinajstić information content (AvgIpc) is 2.20. The molecule has 0 saturated heterocycles. The first-order valence-electron chi connectivity index (χ1n) is 4.90. The van der Waals surface area contributed by atoms with Crippen LogP contribution in [0.4, 0.5) is 15.8 Å². The van der Waals surface area contributed by atoms with Crippen molar-refractivity contribution < 1.29 is 9.18 Å². The van der Waals surface area contributed by atoms with Crippen LogP contribution >= 0.6 is 0 Å². The number of halogens is 1. The van der Waals surface area contributed by atoms with E-state index in [4.69, 9.17) is 5.73 Å². The summed E-state index contributed by atoms with van der Waals surface area (Å²) < 4.78 is 13.3. The molecule has 0 bridgehead atoms. The zero-order chi connectivity index (χ0) is 11.4. The lowest BCUT2D eigenvalue weighted by molar-refractivity contribution is -0.119. The van der Waals surface area contributed by atoms with Crippen LogP contribution in [0.2, 0.25) is 0 Å². The quantitative estimate of drug-likeness (QED) is 0.752. The fourth-order valence-corrected chi connectivity index (χ4v) is 1.07. The number of carbonyl (C=O) groups is 1. The highest BCUT2D eigenvalue weighted by Gasteiger charge is 2.12. The van der Waals surface area contributed by atoms with Gasteiger partial charge in [-0.1, -0.05) is 13.8 Å². The second-order valence-corrected chi connectivity index (χ2v) is 3.54. The van der Waals surface area contributed by atoms with Gasteiger partial charge in [-0.05, 0) is 24.6 Å². The second kappa shape index (κ2) is 4.77. The summed E-state index contributed by atoms with van der Waals surface area (Å²) in [7, 11) is 0. The third kappa shape index (κ3) is 2.94. The van der Waals surface area contributed by atoms with Crippen LogP contribution in [0.3, 0.4) is 0 Å². The van der Waals surface area contributed by atoms with E-state index < -0.39 is 5.82 Å². The van der Waals surface area contributed by atoms with Gasteiger partial charge in [-0.25, -0.2) is 4.39 Å². The Morgan fingerprint density at radius 3 is 2.80 bits per heavy atom. The predicted octanol–water partition coefficient (Wildman–Crippen LogP) is 2.39. The molecular formula is C11H15FN2O. The molecule has 3 N–H and O–H groups in total. The van der Waals surface area contributed by atoms with Crippen molar-refractivity contribution in [1.29, 1.82) is 0 Å². The molecule has 0 aliphatic heterocycles. The van der Waals surface area contributed by atoms with Gasteiger partial charge in [0.05, 0.1) is 5.69 Å². The topological polar surface area (TPSA) is 55.1 Å². The van der Waals surface area contributed by atoms with E-state index in [9.17, 15) is 9.18 Å². The minimum Gasteiger partial charge on any atom is -0.399 e. The van der Waals surface area contributed by atoms with Crippen LogP contribution in [-0.4, -0.2) is 5.91 Å². The summed E-state index contributed by atoms with van der Waals surface area (Å²) in [6, 6.07) is 4.20. The number of rotatable bonds is 3. The number of nitrogen functional groups attached to an aromatic ring is 1. The van der Waals surface area contributed by atoms with Crippen molar-refractivity contribution in [3.63, 3.8) is 0 Å². The summed E-state index contributed by atoms with van der Waals surface area (Å²) in [6.45, 7) is 3.70. The molecule has 0 spiro atoms. The van der Waals surface area contributed by atoms with Crippen LogP contribution in [0.1, 0.15) is 20.3 Å². The molecule has 82 valence electrons. The Morgan fingerprint density at radius 1 is 1.60 bits per heavy atom. The van der Waals surface area contributed by atoms with E-state index >= 15 is 0 Å². The van der Waals surface area contributed by atoms with Crippen molar-refractivity contribution in [3.8, 4) is 0 Å². The molecule has 1 rings (SSSR count). The molecule has 1 amide bonds. The number of hydrogen-bond donors (Lipinski definition) is 2. The van der Waals surface area contributed by atoms with Gasteiger partial charge in [-0.3, -0.25) is 4.79 Å². The third-order valence-corrected chi connectivity index (χ3v) is 2.31. The normalized spacial score (nSPS) is 12.2. The van der Waals surface area contributed by atoms with Crippen molar-refractivity contribution in [1.82, 2.24) is 0 Å². The minimum atomic E-state index is -0.508. The molecule has 0 saturated carbocycles. The van der Waals surface area contributed by atoms with Crippen molar-refractivity contribution >= 4 is 17.3 Å². The lowest BCUT2D eigenvalue weighted by Crippen LogP contribution is -2.20. The van der Waals surface area contributed by atoms with Crippen molar-refractivity contribution in [2.75, 3.05) is 11.1 Å². The van der Waals surface area contributed by atoms with Gasteiger partial charge in [0.2, 0.25) is 5.91 Å². The number of anilines is 2. The van der Waals surface area contributed by atoms with Gasteiger partial charge < -0.3 is 11.1 Å². The molecule has 0 radical (unpaired) electrons.